The average Bonchev–Trinajstić information content (AvgIpc) is 2.68. The van der Waals surface area contributed by atoms with Gasteiger partial charge in [-0.1, -0.05) is 25.4 Å². The number of hydrogen-bond acceptors (Lipinski definition) is 1. The standard InChI is InChI=1S/C17H19BrClNO/c1-10-6-12-15(8-17(2,3)9-16(12)21)20(10)11-4-5-13(18)14(19)7-11/h4-7,16,21H,8-9H2,1-3H3. The summed E-state index contributed by atoms with van der Waals surface area (Å²) in [6, 6.07) is 8.09. The number of aliphatic hydroxyl groups excluding tert-OH is 1. The number of fused-ring (bicyclic) bond motifs is 1. The van der Waals surface area contributed by atoms with Gasteiger partial charge in [-0.15, -0.1) is 0 Å². The Balaban J connectivity index is 2.18. The van der Waals surface area contributed by atoms with Crippen molar-refractivity contribution >= 4 is 27.5 Å². The van der Waals surface area contributed by atoms with E-state index in [1.807, 2.05) is 12.1 Å². The molecule has 21 heavy (non-hydrogen) atoms. The number of aryl methyl sites for hydroxylation is 1. The predicted molar refractivity (Wildman–Crippen MR) is 90.3 cm³/mol. The van der Waals surface area contributed by atoms with E-state index >= 15 is 0 Å². The molecule has 0 saturated heterocycles. The van der Waals surface area contributed by atoms with E-state index in [2.05, 4.69) is 53.4 Å². The minimum atomic E-state index is -0.380. The number of benzene rings is 1. The van der Waals surface area contributed by atoms with Crippen LogP contribution < -0.4 is 0 Å². The van der Waals surface area contributed by atoms with Gasteiger partial charge < -0.3 is 9.67 Å². The van der Waals surface area contributed by atoms with E-state index in [9.17, 15) is 5.11 Å². The van der Waals surface area contributed by atoms with E-state index in [4.69, 9.17) is 11.6 Å². The fraction of sp³-hybridized carbons (Fsp3) is 0.412. The zero-order valence-electron chi connectivity index (χ0n) is 12.5. The van der Waals surface area contributed by atoms with Crippen LogP contribution in [-0.2, 0) is 6.42 Å². The first-order chi connectivity index (χ1) is 9.78. The van der Waals surface area contributed by atoms with Crippen LogP contribution in [0, 0.1) is 12.3 Å². The average molecular weight is 369 g/mol. The first-order valence-corrected chi connectivity index (χ1v) is 8.30. The lowest BCUT2D eigenvalue weighted by Crippen LogP contribution is -2.26. The van der Waals surface area contributed by atoms with E-state index in [0.29, 0.717) is 5.02 Å². The van der Waals surface area contributed by atoms with Gasteiger partial charge in [0, 0.05) is 27.1 Å². The third-order valence-corrected chi connectivity index (χ3v) is 5.47. The van der Waals surface area contributed by atoms with Gasteiger partial charge in [-0.2, -0.15) is 0 Å². The second-order valence-corrected chi connectivity index (χ2v) is 7.94. The molecule has 1 unspecified atom stereocenters. The predicted octanol–water partition coefficient (Wildman–Crippen LogP) is 5.21. The Morgan fingerprint density at radius 2 is 2.05 bits per heavy atom. The molecule has 2 nitrogen and oxygen atoms in total. The molecule has 112 valence electrons. The minimum Gasteiger partial charge on any atom is -0.388 e. The fourth-order valence-electron chi connectivity index (χ4n) is 3.33. The third kappa shape index (κ3) is 2.67. The van der Waals surface area contributed by atoms with Crippen molar-refractivity contribution in [2.24, 2.45) is 5.41 Å². The number of nitrogens with zero attached hydrogens (tertiary/aromatic N) is 1. The highest BCUT2D eigenvalue weighted by Gasteiger charge is 2.34. The van der Waals surface area contributed by atoms with Crippen molar-refractivity contribution in [3.63, 3.8) is 0 Å². The molecule has 3 rings (SSSR count). The van der Waals surface area contributed by atoms with Crippen LogP contribution in [0.15, 0.2) is 28.7 Å². The van der Waals surface area contributed by atoms with Gasteiger partial charge >= 0.3 is 0 Å². The molecule has 1 atom stereocenters. The molecule has 2 aromatic rings. The van der Waals surface area contributed by atoms with Crippen LogP contribution >= 0.6 is 27.5 Å². The number of rotatable bonds is 1. The maximum absolute atomic E-state index is 10.4. The summed E-state index contributed by atoms with van der Waals surface area (Å²) in [5, 5.41) is 11.1. The Bertz CT molecular complexity index is 705. The second kappa shape index (κ2) is 5.15. The Labute approximate surface area is 138 Å². The molecule has 0 amide bonds. The number of aliphatic hydroxyl groups is 1. The molecule has 0 aliphatic heterocycles. The normalized spacial score (nSPS) is 20.4. The molecule has 1 aliphatic carbocycles. The molecule has 1 aliphatic rings. The maximum Gasteiger partial charge on any atom is 0.0812 e. The van der Waals surface area contributed by atoms with Crippen molar-refractivity contribution in [2.75, 3.05) is 0 Å². The molecule has 0 spiro atoms. The monoisotopic (exact) mass is 367 g/mol. The molecular weight excluding hydrogens is 350 g/mol. The zero-order chi connectivity index (χ0) is 15.4. The van der Waals surface area contributed by atoms with Crippen molar-refractivity contribution in [1.29, 1.82) is 0 Å². The molecule has 4 heteroatoms. The van der Waals surface area contributed by atoms with E-state index in [-0.39, 0.29) is 11.5 Å². The Hall–Kier alpha value is -0.770. The summed E-state index contributed by atoms with van der Waals surface area (Å²) < 4.78 is 3.12. The summed E-state index contributed by atoms with van der Waals surface area (Å²) in [6.45, 7) is 6.49. The largest absolute Gasteiger partial charge is 0.388 e. The highest BCUT2D eigenvalue weighted by atomic mass is 79.9. The summed E-state index contributed by atoms with van der Waals surface area (Å²) in [4.78, 5) is 0. The van der Waals surface area contributed by atoms with Gasteiger partial charge in [0.1, 0.15) is 0 Å². The van der Waals surface area contributed by atoms with Gasteiger partial charge in [0.25, 0.3) is 0 Å². The topological polar surface area (TPSA) is 25.2 Å². The molecular formula is C17H19BrClNO. The molecule has 1 N–H and O–H groups in total. The van der Waals surface area contributed by atoms with Gasteiger partial charge in [-0.05, 0) is 65.4 Å². The second-order valence-electron chi connectivity index (χ2n) is 6.68. The van der Waals surface area contributed by atoms with Crippen LogP contribution in [0.5, 0.6) is 0 Å². The lowest BCUT2D eigenvalue weighted by atomic mass is 9.75. The van der Waals surface area contributed by atoms with Crippen LogP contribution in [0.3, 0.4) is 0 Å². The molecule has 0 radical (unpaired) electrons. The summed E-state index contributed by atoms with van der Waals surface area (Å²) in [6.07, 6.45) is 1.39. The molecule has 0 fully saturated rings. The molecule has 1 aromatic heterocycles. The van der Waals surface area contributed by atoms with E-state index in [1.54, 1.807) is 0 Å². The Morgan fingerprint density at radius 3 is 2.71 bits per heavy atom. The first kappa shape index (κ1) is 15.1. The van der Waals surface area contributed by atoms with Gasteiger partial charge in [-0.25, -0.2) is 0 Å². The van der Waals surface area contributed by atoms with Crippen LogP contribution in [0.4, 0.5) is 0 Å². The fourth-order valence-corrected chi connectivity index (χ4v) is 3.75. The summed E-state index contributed by atoms with van der Waals surface area (Å²) in [5.74, 6) is 0. The van der Waals surface area contributed by atoms with Gasteiger partial charge in [0.2, 0.25) is 0 Å². The van der Waals surface area contributed by atoms with Gasteiger partial charge in [0.05, 0.1) is 11.1 Å². The summed E-state index contributed by atoms with van der Waals surface area (Å²) in [5.41, 5.74) is 4.55. The van der Waals surface area contributed by atoms with Crippen LogP contribution in [-0.4, -0.2) is 9.67 Å². The SMILES string of the molecule is Cc1cc2c(n1-c1ccc(Br)c(Cl)c1)CC(C)(C)CC2O. The third-order valence-electron chi connectivity index (χ3n) is 4.23. The van der Waals surface area contributed by atoms with Gasteiger partial charge in [-0.3, -0.25) is 0 Å². The summed E-state index contributed by atoms with van der Waals surface area (Å²) >= 11 is 9.67. The van der Waals surface area contributed by atoms with Crippen molar-refractivity contribution in [1.82, 2.24) is 4.57 Å². The highest BCUT2D eigenvalue weighted by Crippen LogP contribution is 2.43. The zero-order valence-corrected chi connectivity index (χ0v) is 14.8. The minimum absolute atomic E-state index is 0.105. The Kier molecular flexibility index (Phi) is 3.71. The van der Waals surface area contributed by atoms with Crippen molar-refractivity contribution in [2.45, 2.75) is 39.7 Å². The van der Waals surface area contributed by atoms with Crippen LogP contribution in [0.1, 0.15) is 43.3 Å². The van der Waals surface area contributed by atoms with E-state index in [0.717, 1.165) is 34.3 Å². The van der Waals surface area contributed by atoms with Gasteiger partial charge in [0.15, 0.2) is 0 Å². The number of aromatic nitrogens is 1. The number of halogens is 2. The lowest BCUT2D eigenvalue weighted by Gasteiger charge is -2.34. The van der Waals surface area contributed by atoms with Crippen molar-refractivity contribution < 1.29 is 5.11 Å². The van der Waals surface area contributed by atoms with Crippen LogP contribution in [0.25, 0.3) is 5.69 Å². The highest BCUT2D eigenvalue weighted by molar-refractivity contribution is 9.10. The molecule has 1 aromatic carbocycles. The smallest absolute Gasteiger partial charge is 0.0812 e. The van der Waals surface area contributed by atoms with E-state index < -0.39 is 0 Å². The lowest BCUT2D eigenvalue weighted by molar-refractivity contribution is 0.0987. The summed E-state index contributed by atoms with van der Waals surface area (Å²) in [7, 11) is 0. The molecule has 0 saturated carbocycles. The van der Waals surface area contributed by atoms with E-state index in [1.165, 1.54) is 5.69 Å². The Morgan fingerprint density at radius 1 is 1.33 bits per heavy atom. The molecule has 0 bridgehead atoms. The van der Waals surface area contributed by atoms with Crippen molar-refractivity contribution in [3.05, 3.63) is 50.7 Å². The van der Waals surface area contributed by atoms with Crippen molar-refractivity contribution in [3.8, 4) is 5.69 Å². The van der Waals surface area contributed by atoms with Crippen LogP contribution in [0.2, 0.25) is 5.02 Å². The number of hydrogen-bond donors (Lipinski definition) is 1. The quantitative estimate of drug-likeness (QED) is 0.734. The molecule has 1 heterocycles. The first-order valence-electron chi connectivity index (χ1n) is 7.13. The maximum atomic E-state index is 10.4.